The third-order valence-electron chi connectivity index (χ3n) is 4.20. The highest BCUT2D eigenvalue weighted by Gasteiger charge is 2.40. The Bertz CT molecular complexity index is 426. The number of rotatable bonds is 5. The molecule has 118 valence electrons. The highest BCUT2D eigenvalue weighted by molar-refractivity contribution is 5.91. The molecule has 2 saturated heterocycles. The summed E-state index contributed by atoms with van der Waals surface area (Å²) >= 11 is 0. The van der Waals surface area contributed by atoms with Gasteiger partial charge in [0.2, 0.25) is 11.8 Å². The molecule has 2 fully saturated rings. The fourth-order valence-electron chi connectivity index (χ4n) is 3.04. The molecule has 0 aromatic carbocycles. The summed E-state index contributed by atoms with van der Waals surface area (Å²) < 4.78 is 4.95. The molecular formula is C14H22N2O5. The van der Waals surface area contributed by atoms with E-state index in [0.29, 0.717) is 32.7 Å². The van der Waals surface area contributed by atoms with Crippen LogP contribution in [0.25, 0.3) is 0 Å². The standard InChI is InChI=1S/C14H22N2O5/c1-21-7-6-15-9-10(8-12(15)17)13(18)16-5-3-2-4-11(16)14(19)20/h10-11H,2-9H2,1H3,(H,19,20)/t10?,11-/m1/s1. The summed E-state index contributed by atoms with van der Waals surface area (Å²) in [5.74, 6) is -1.64. The normalized spacial score (nSPS) is 26.2. The van der Waals surface area contributed by atoms with Gasteiger partial charge < -0.3 is 19.6 Å². The second-order valence-corrected chi connectivity index (χ2v) is 5.62. The summed E-state index contributed by atoms with van der Waals surface area (Å²) in [4.78, 5) is 38.7. The molecule has 7 nitrogen and oxygen atoms in total. The van der Waals surface area contributed by atoms with Crippen LogP contribution in [0.4, 0.5) is 0 Å². The average Bonchev–Trinajstić information content (AvgIpc) is 2.85. The molecule has 0 saturated carbocycles. The van der Waals surface area contributed by atoms with Crippen LogP contribution in [0.2, 0.25) is 0 Å². The first-order chi connectivity index (χ1) is 10.0. The van der Waals surface area contributed by atoms with Gasteiger partial charge in [-0.25, -0.2) is 4.79 Å². The van der Waals surface area contributed by atoms with E-state index in [1.165, 1.54) is 4.90 Å². The number of carboxylic acids is 1. The highest BCUT2D eigenvalue weighted by Crippen LogP contribution is 2.25. The summed E-state index contributed by atoms with van der Waals surface area (Å²) in [6.45, 7) is 1.75. The Kier molecular flexibility index (Phi) is 5.17. The van der Waals surface area contributed by atoms with Crippen LogP contribution in [0.5, 0.6) is 0 Å². The van der Waals surface area contributed by atoms with Crippen LogP contribution < -0.4 is 0 Å². The van der Waals surface area contributed by atoms with E-state index in [1.807, 2.05) is 0 Å². The summed E-state index contributed by atoms with van der Waals surface area (Å²) in [6, 6.07) is -0.741. The van der Waals surface area contributed by atoms with Gasteiger partial charge >= 0.3 is 5.97 Å². The number of nitrogens with zero attached hydrogens (tertiary/aromatic N) is 2. The topological polar surface area (TPSA) is 87.2 Å². The van der Waals surface area contributed by atoms with Crippen molar-refractivity contribution < 1.29 is 24.2 Å². The lowest BCUT2D eigenvalue weighted by molar-refractivity contribution is -0.153. The second-order valence-electron chi connectivity index (χ2n) is 5.62. The van der Waals surface area contributed by atoms with E-state index in [4.69, 9.17) is 4.74 Å². The van der Waals surface area contributed by atoms with Crippen LogP contribution >= 0.6 is 0 Å². The lowest BCUT2D eigenvalue weighted by Gasteiger charge is -2.34. The lowest BCUT2D eigenvalue weighted by Crippen LogP contribution is -2.50. The minimum Gasteiger partial charge on any atom is -0.480 e. The van der Waals surface area contributed by atoms with E-state index in [-0.39, 0.29) is 18.2 Å². The van der Waals surface area contributed by atoms with Gasteiger partial charge in [0.05, 0.1) is 12.5 Å². The van der Waals surface area contributed by atoms with Crippen LogP contribution in [0.1, 0.15) is 25.7 Å². The first-order valence-electron chi connectivity index (χ1n) is 7.34. The fraction of sp³-hybridized carbons (Fsp3) is 0.786. The number of carboxylic acid groups (broad SMARTS) is 1. The van der Waals surface area contributed by atoms with Gasteiger partial charge in [-0.15, -0.1) is 0 Å². The van der Waals surface area contributed by atoms with Gasteiger partial charge in [0, 0.05) is 33.2 Å². The Labute approximate surface area is 123 Å². The number of likely N-dealkylation sites (tertiary alicyclic amines) is 2. The van der Waals surface area contributed by atoms with E-state index in [2.05, 4.69) is 0 Å². The average molecular weight is 298 g/mol. The van der Waals surface area contributed by atoms with Crippen LogP contribution in [0.15, 0.2) is 0 Å². The van der Waals surface area contributed by atoms with Crippen molar-refractivity contribution in [3.63, 3.8) is 0 Å². The number of aliphatic carboxylic acids is 1. The smallest absolute Gasteiger partial charge is 0.326 e. The van der Waals surface area contributed by atoms with Gasteiger partial charge in [-0.3, -0.25) is 9.59 Å². The van der Waals surface area contributed by atoms with Crippen LogP contribution in [0, 0.1) is 5.92 Å². The Morgan fingerprint density at radius 2 is 2.14 bits per heavy atom. The van der Waals surface area contributed by atoms with E-state index in [0.717, 1.165) is 12.8 Å². The number of ether oxygens (including phenoxy) is 1. The largest absolute Gasteiger partial charge is 0.480 e. The fourth-order valence-corrected chi connectivity index (χ4v) is 3.04. The molecule has 21 heavy (non-hydrogen) atoms. The molecule has 0 aliphatic carbocycles. The number of hydrogen-bond acceptors (Lipinski definition) is 4. The number of hydrogen-bond donors (Lipinski definition) is 1. The number of carbonyl (C=O) groups is 3. The minimum absolute atomic E-state index is 0.0608. The monoisotopic (exact) mass is 298 g/mol. The van der Waals surface area contributed by atoms with E-state index >= 15 is 0 Å². The minimum atomic E-state index is -0.955. The van der Waals surface area contributed by atoms with Gasteiger partial charge in [-0.05, 0) is 19.3 Å². The Hall–Kier alpha value is -1.63. The molecule has 0 radical (unpaired) electrons. The van der Waals surface area contributed by atoms with Crippen molar-refractivity contribution in [3.05, 3.63) is 0 Å². The predicted octanol–water partition coefficient (Wildman–Crippen LogP) is -0.0530. The van der Waals surface area contributed by atoms with Crippen LogP contribution in [0.3, 0.4) is 0 Å². The number of piperidine rings is 1. The van der Waals surface area contributed by atoms with E-state index < -0.39 is 17.9 Å². The zero-order valence-corrected chi connectivity index (χ0v) is 12.3. The molecule has 2 rings (SSSR count). The van der Waals surface area contributed by atoms with Gasteiger partial charge in [-0.1, -0.05) is 0 Å². The molecule has 2 aliphatic heterocycles. The van der Waals surface area contributed by atoms with Gasteiger partial charge in [0.25, 0.3) is 0 Å². The maximum Gasteiger partial charge on any atom is 0.326 e. The van der Waals surface area contributed by atoms with E-state index in [9.17, 15) is 19.5 Å². The molecule has 2 atom stereocenters. The van der Waals surface area contributed by atoms with Crippen molar-refractivity contribution in [3.8, 4) is 0 Å². The molecule has 1 N–H and O–H groups in total. The molecule has 0 bridgehead atoms. The zero-order chi connectivity index (χ0) is 15.4. The van der Waals surface area contributed by atoms with E-state index in [1.54, 1.807) is 12.0 Å². The number of amides is 2. The number of carbonyl (C=O) groups excluding carboxylic acids is 2. The molecular weight excluding hydrogens is 276 g/mol. The maximum atomic E-state index is 12.5. The van der Waals surface area contributed by atoms with Crippen molar-refractivity contribution in [2.24, 2.45) is 5.92 Å². The van der Waals surface area contributed by atoms with Crippen molar-refractivity contribution in [2.45, 2.75) is 31.7 Å². The van der Waals surface area contributed by atoms with Gasteiger partial charge in [-0.2, -0.15) is 0 Å². The van der Waals surface area contributed by atoms with Gasteiger partial charge in [0.1, 0.15) is 6.04 Å². The van der Waals surface area contributed by atoms with Crippen molar-refractivity contribution in [1.82, 2.24) is 9.80 Å². The SMILES string of the molecule is COCCN1CC(C(=O)N2CCCC[C@@H]2C(=O)O)CC1=O. The molecule has 1 unspecified atom stereocenters. The third kappa shape index (κ3) is 3.53. The van der Waals surface area contributed by atoms with Crippen LogP contribution in [-0.2, 0) is 19.1 Å². The van der Waals surface area contributed by atoms with Crippen molar-refractivity contribution in [2.75, 3.05) is 33.4 Å². The third-order valence-corrected chi connectivity index (χ3v) is 4.20. The number of methoxy groups -OCH3 is 1. The maximum absolute atomic E-state index is 12.5. The first kappa shape index (κ1) is 15.8. The van der Waals surface area contributed by atoms with Crippen molar-refractivity contribution in [1.29, 1.82) is 0 Å². The molecule has 7 heteroatoms. The predicted molar refractivity (Wildman–Crippen MR) is 73.6 cm³/mol. The summed E-state index contributed by atoms with van der Waals surface area (Å²) in [6.07, 6.45) is 2.31. The quantitative estimate of drug-likeness (QED) is 0.769. The Balaban J connectivity index is 1.99. The summed E-state index contributed by atoms with van der Waals surface area (Å²) in [5.41, 5.74) is 0. The molecule has 2 amide bonds. The molecule has 0 aromatic heterocycles. The Morgan fingerprint density at radius 1 is 1.38 bits per heavy atom. The Morgan fingerprint density at radius 3 is 2.81 bits per heavy atom. The lowest BCUT2D eigenvalue weighted by atomic mass is 9.98. The molecule has 2 heterocycles. The summed E-state index contributed by atoms with van der Waals surface area (Å²) in [5, 5.41) is 9.23. The summed E-state index contributed by atoms with van der Waals surface area (Å²) in [7, 11) is 1.56. The molecule has 2 aliphatic rings. The molecule has 0 spiro atoms. The molecule has 0 aromatic rings. The highest BCUT2D eigenvalue weighted by atomic mass is 16.5. The van der Waals surface area contributed by atoms with Gasteiger partial charge in [0.15, 0.2) is 0 Å². The second kappa shape index (κ2) is 6.89. The zero-order valence-electron chi connectivity index (χ0n) is 12.3. The first-order valence-corrected chi connectivity index (χ1v) is 7.34. The van der Waals surface area contributed by atoms with Crippen LogP contribution in [-0.4, -0.2) is 72.1 Å². The van der Waals surface area contributed by atoms with Crippen molar-refractivity contribution >= 4 is 17.8 Å².